The average Bonchev–Trinajstić information content (AvgIpc) is 3.11. The summed E-state index contributed by atoms with van der Waals surface area (Å²) < 4.78 is 10.7. The smallest absolute Gasteiger partial charge is 0.322 e. The molecule has 1 aliphatic heterocycles. The van der Waals surface area contributed by atoms with Crippen LogP contribution in [-0.2, 0) is 4.74 Å². The van der Waals surface area contributed by atoms with Crippen LogP contribution in [-0.4, -0.2) is 46.9 Å². The third-order valence-electron chi connectivity index (χ3n) is 4.05. The molecule has 1 atom stereocenters. The Bertz CT molecular complexity index is 672. The maximum atomic E-state index is 12.6. The number of nitrogens with one attached hydrogen (secondary N) is 1. The van der Waals surface area contributed by atoms with Crippen molar-refractivity contribution in [3.8, 4) is 11.5 Å². The lowest BCUT2D eigenvalue weighted by atomic mass is 10.1. The first-order valence-electron chi connectivity index (χ1n) is 7.71. The Kier molecular flexibility index (Phi) is 4.57. The van der Waals surface area contributed by atoms with E-state index < -0.39 is 0 Å². The van der Waals surface area contributed by atoms with E-state index in [4.69, 9.17) is 9.15 Å². The third-order valence-corrected chi connectivity index (χ3v) is 4.05. The molecule has 0 saturated carbocycles. The fourth-order valence-electron chi connectivity index (χ4n) is 2.64. The number of hydrogen-bond acceptors (Lipinski definition) is 5. The van der Waals surface area contributed by atoms with Gasteiger partial charge >= 0.3 is 6.03 Å². The van der Waals surface area contributed by atoms with Gasteiger partial charge in [-0.1, -0.05) is 13.0 Å². The number of rotatable bonds is 3. The highest BCUT2D eigenvalue weighted by atomic mass is 16.5. The number of hydrogen-bond donors (Lipinski definition) is 1. The van der Waals surface area contributed by atoms with Crippen molar-refractivity contribution >= 4 is 11.7 Å². The molecule has 0 aliphatic carbocycles. The van der Waals surface area contributed by atoms with Crippen LogP contribution in [0.2, 0.25) is 0 Å². The van der Waals surface area contributed by atoms with E-state index in [1.807, 2.05) is 30.0 Å². The summed E-state index contributed by atoms with van der Waals surface area (Å²) in [6, 6.07) is 5.67. The summed E-state index contributed by atoms with van der Waals surface area (Å²) in [5, 5.41) is 10.6. The molecule has 0 radical (unpaired) electrons. The molecule has 2 aromatic rings. The number of carbonyl (C=O) groups excluding carboxylic acids is 1. The highest BCUT2D eigenvalue weighted by Gasteiger charge is 2.26. The van der Waals surface area contributed by atoms with E-state index in [1.54, 1.807) is 0 Å². The van der Waals surface area contributed by atoms with Gasteiger partial charge in [-0.2, -0.15) is 0 Å². The van der Waals surface area contributed by atoms with Gasteiger partial charge in [0.15, 0.2) is 0 Å². The molecule has 23 heavy (non-hydrogen) atoms. The first-order chi connectivity index (χ1) is 11.2. The van der Waals surface area contributed by atoms with Crippen LogP contribution >= 0.6 is 0 Å². The Morgan fingerprint density at radius 2 is 2.35 bits per heavy atom. The lowest BCUT2D eigenvalue weighted by molar-refractivity contribution is 0.0144. The first-order valence-corrected chi connectivity index (χ1v) is 7.71. The second kappa shape index (κ2) is 6.78. The van der Waals surface area contributed by atoms with Crippen molar-refractivity contribution in [3.63, 3.8) is 0 Å². The SMILES string of the molecule is CCC1COCCN1C(=O)Nc1cc(-c2nnco2)ccc1C. The quantitative estimate of drug-likeness (QED) is 0.941. The summed E-state index contributed by atoms with van der Waals surface area (Å²) >= 11 is 0. The van der Waals surface area contributed by atoms with E-state index in [0.717, 1.165) is 23.2 Å². The fraction of sp³-hybridized carbons (Fsp3) is 0.438. The molecule has 1 aromatic carbocycles. The van der Waals surface area contributed by atoms with Crippen molar-refractivity contribution in [2.24, 2.45) is 0 Å². The Hall–Kier alpha value is -2.41. The van der Waals surface area contributed by atoms with Gasteiger partial charge in [0, 0.05) is 17.8 Å². The van der Waals surface area contributed by atoms with Gasteiger partial charge < -0.3 is 19.4 Å². The first kappa shape index (κ1) is 15.5. The van der Waals surface area contributed by atoms with Crippen molar-refractivity contribution in [2.45, 2.75) is 26.3 Å². The number of carbonyl (C=O) groups is 1. The summed E-state index contributed by atoms with van der Waals surface area (Å²) in [5.74, 6) is 0.429. The molecule has 1 unspecified atom stereocenters. The number of aromatic nitrogens is 2. The molecule has 0 bridgehead atoms. The summed E-state index contributed by atoms with van der Waals surface area (Å²) in [6.45, 7) is 5.77. The molecule has 7 heteroatoms. The minimum Gasteiger partial charge on any atom is -0.423 e. The summed E-state index contributed by atoms with van der Waals surface area (Å²) in [4.78, 5) is 14.4. The molecule has 122 valence electrons. The molecule has 1 fully saturated rings. The topological polar surface area (TPSA) is 80.5 Å². The number of anilines is 1. The maximum absolute atomic E-state index is 12.6. The number of ether oxygens (including phenoxy) is 1. The standard InChI is InChI=1S/C16H20N4O3/c1-3-13-9-22-7-6-20(13)16(21)18-14-8-12(5-4-11(14)2)15-19-17-10-23-15/h4-5,8,10,13H,3,6-7,9H2,1-2H3,(H,18,21). The van der Waals surface area contributed by atoms with E-state index in [1.165, 1.54) is 6.39 Å². The Labute approximate surface area is 134 Å². The molecule has 3 rings (SSSR count). The molecule has 0 spiro atoms. The fourth-order valence-corrected chi connectivity index (χ4v) is 2.64. The zero-order valence-corrected chi connectivity index (χ0v) is 13.3. The summed E-state index contributed by atoms with van der Waals surface area (Å²) in [6.07, 6.45) is 2.15. The van der Waals surface area contributed by atoms with Crippen LogP contribution in [0.4, 0.5) is 10.5 Å². The monoisotopic (exact) mass is 316 g/mol. The second-order valence-electron chi connectivity index (χ2n) is 5.53. The Balaban J connectivity index is 1.79. The predicted octanol–water partition coefficient (Wildman–Crippen LogP) is 2.69. The second-order valence-corrected chi connectivity index (χ2v) is 5.53. The van der Waals surface area contributed by atoms with Crippen molar-refractivity contribution in [2.75, 3.05) is 25.1 Å². The maximum Gasteiger partial charge on any atom is 0.322 e. The molecule has 1 aromatic heterocycles. The molecule has 2 heterocycles. The van der Waals surface area contributed by atoms with Gasteiger partial charge in [0.25, 0.3) is 0 Å². The Morgan fingerprint density at radius 1 is 1.48 bits per heavy atom. The van der Waals surface area contributed by atoms with Crippen LogP contribution in [0.1, 0.15) is 18.9 Å². The zero-order chi connectivity index (χ0) is 16.2. The number of morpholine rings is 1. The van der Waals surface area contributed by atoms with Gasteiger partial charge in [-0.25, -0.2) is 4.79 Å². The van der Waals surface area contributed by atoms with Gasteiger partial charge in [-0.05, 0) is 31.0 Å². The van der Waals surface area contributed by atoms with Crippen molar-refractivity contribution in [3.05, 3.63) is 30.2 Å². The van der Waals surface area contributed by atoms with Gasteiger partial charge in [-0.15, -0.1) is 10.2 Å². The highest BCUT2D eigenvalue weighted by molar-refractivity contribution is 5.91. The van der Waals surface area contributed by atoms with E-state index >= 15 is 0 Å². The van der Waals surface area contributed by atoms with Crippen LogP contribution in [0, 0.1) is 6.92 Å². The molecule has 7 nitrogen and oxygen atoms in total. The molecular weight excluding hydrogens is 296 g/mol. The van der Waals surface area contributed by atoms with E-state index in [-0.39, 0.29) is 12.1 Å². The number of benzene rings is 1. The number of amides is 2. The van der Waals surface area contributed by atoms with Crippen molar-refractivity contribution in [1.29, 1.82) is 0 Å². The molecular formula is C16H20N4O3. The van der Waals surface area contributed by atoms with Gasteiger partial charge in [0.2, 0.25) is 12.3 Å². The number of urea groups is 1. The highest BCUT2D eigenvalue weighted by Crippen LogP contribution is 2.24. The van der Waals surface area contributed by atoms with Gasteiger partial charge in [-0.3, -0.25) is 0 Å². The minimum absolute atomic E-state index is 0.106. The summed E-state index contributed by atoms with van der Waals surface area (Å²) in [5.41, 5.74) is 2.49. The lowest BCUT2D eigenvalue weighted by Crippen LogP contribution is -2.50. The number of aryl methyl sites for hydroxylation is 1. The summed E-state index contributed by atoms with van der Waals surface area (Å²) in [7, 11) is 0. The van der Waals surface area contributed by atoms with Crippen LogP contribution in [0.3, 0.4) is 0 Å². The van der Waals surface area contributed by atoms with Crippen LogP contribution in [0.25, 0.3) is 11.5 Å². The van der Waals surface area contributed by atoms with Crippen LogP contribution in [0.5, 0.6) is 0 Å². The third kappa shape index (κ3) is 3.34. The van der Waals surface area contributed by atoms with E-state index in [9.17, 15) is 4.79 Å². The van der Waals surface area contributed by atoms with Crippen molar-refractivity contribution in [1.82, 2.24) is 15.1 Å². The normalized spacial score (nSPS) is 18.0. The lowest BCUT2D eigenvalue weighted by Gasteiger charge is -2.35. The zero-order valence-electron chi connectivity index (χ0n) is 13.3. The van der Waals surface area contributed by atoms with E-state index in [0.29, 0.717) is 25.6 Å². The molecule has 1 N–H and O–H groups in total. The van der Waals surface area contributed by atoms with E-state index in [2.05, 4.69) is 22.4 Å². The average molecular weight is 316 g/mol. The van der Waals surface area contributed by atoms with Gasteiger partial charge in [0.1, 0.15) is 0 Å². The minimum atomic E-state index is -0.106. The van der Waals surface area contributed by atoms with Crippen LogP contribution < -0.4 is 5.32 Å². The molecule has 1 saturated heterocycles. The van der Waals surface area contributed by atoms with Gasteiger partial charge in [0.05, 0.1) is 19.3 Å². The van der Waals surface area contributed by atoms with Crippen molar-refractivity contribution < 1.29 is 13.9 Å². The molecule has 2 amide bonds. The predicted molar refractivity (Wildman–Crippen MR) is 85.1 cm³/mol. The Morgan fingerprint density at radius 3 is 3.09 bits per heavy atom. The van der Waals surface area contributed by atoms with Crippen LogP contribution in [0.15, 0.2) is 29.0 Å². The number of nitrogens with zero attached hydrogens (tertiary/aromatic N) is 3. The largest absolute Gasteiger partial charge is 0.423 e. The molecule has 1 aliphatic rings.